The maximum Gasteiger partial charge on any atom is 0.225 e. The van der Waals surface area contributed by atoms with Crippen LogP contribution in [0.4, 0.5) is 10.1 Å². The first kappa shape index (κ1) is 15.7. The van der Waals surface area contributed by atoms with E-state index in [-0.39, 0.29) is 29.6 Å². The number of sulfone groups is 1. The molecule has 1 fully saturated rings. The van der Waals surface area contributed by atoms with Crippen LogP contribution in [-0.4, -0.2) is 45.5 Å². The Kier molecular flexibility index (Phi) is 4.79. The Bertz CT molecular complexity index is 633. The van der Waals surface area contributed by atoms with Gasteiger partial charge in [0.1, 0.15) is 0 Å². The van der Waals surface area contributed by atoms with E-state index in [2.05, 4.69) is 10.6 Å². The summed E-state index contributed by atoms with van der Waals surface area (Å²) < 4.78 is 41.2. The zero-order chi connectivity index (χ0) is 15.5. The van der Waals surface area contributed by atoms with Crippen LogP contribution in [0.15, 0.2) is 18.2 Å². The number of methoxy groups -OCH3 is 1. The normalized spacial score (nSPS) is 20.8. The molecule has 0 aromatic heterocycles. The Morgan fingerprint density at radius 3 is 2.90 bits per heavy atom. The van der Waals surface area contributed by atoms with E-state index in [1.165, 1.54) is 19.2 Å². The lowest BCUT2D eigenvalue weighted by Gasteiger charge is -2.23. The minimum absolute atomic E-state index is 0.0207. The molecule has 1 aromatic carbocycles. The summed E-state index contributed by atoms with van der Waals surface area (Å²) in [6.07, 6.45) is 0.0207. The second-order valence-electron chi connectivity index (χ2n) is 4.87. The lowest BCUT2D eigenvalue weighted by atomic mass is 10.2. The SMILES string of the molecule is COc1ccc(NC(=O)CC2CS(=O)(=O)CCN2)cc1F. The molecule has 1 saturated heterocycles. The maximum absolute atomic E-state index is 13.5. The summed E-state index contributed by atoms with van der Waals surface area (Å²) in [6.45, 7) is 0.345. The quantitative estimate of drug-likeness (QED) is 0.847. The van der Waals surface area contributed by atoms with E-state index in [0.29, 0.717) is 12.2 Å². The molecule has 0 aliphatic carbocycles. The van der Waals surface area contributed by atoms with Gasteiger partial charge in [-0.3, -0.25) is 4.79 Å². The number of amides is 1. The molecule has 1 aromatic rings. The Hall–Kier alpha value is -1.67. The Morgan fingerprint density at radius 2 is 2.29 bits per heavy atom. The molecule has 1 heterocycles. The van der Waals surface area contributed by atoms with E-state index in [4.69, 9.17) is 4.74 Å². The largest absolute Gasteiger partial charge is 0.494 e. The molecule has 8 heteroatoms. The van der Waals surface area contributed by atoms with Gasteiger partial charge in [0.05, 0.1) is 18.6 Å². The number of carbonyl (C=O) groups excluding carboxylic acids is 1. The van der Waals surface area contributed by atoms with Crippen molar-refractivity contribution in [3.63, 3.8) is 0 Å². The number of nitrogens with one attached hydrogen (secondary N) is 2. The molecule has 1 aliphatic rings. The summed E-state index contributed by atoms with van der Waals surface area (Å²) in [6, 6.07) is 3.67. The average molecular weight is 316 g/mol. The average Bonchev–Trinajstić information content (AvgIpc) is 2.37. The number of benzene rings is 1. The Labute approximate surface area is 122 Å². The molecule has 1 amide bonds. The van der Waals surface area contributed by atoms with E-state index in [9.17, 15) is 17.6 Å². The van der Waals surface area contributed by atoms with Crippen LogP contribution in [0.5, 0.6) is 5.75 Å². The van der Waals surface area contributed by atoms with Gasteiger partial charge in [-0.05, 0) is 12.1 Å². The smallest absolute Gasteiger partial charge is 0.225 e. The first-order valence-electron chi connectivity index (χ1n) is 6.47. The minimum atomic E-state index is -3.09. The van der Waals surface area contributed by atoms with E-state index >= 15 is 0 Å². The topological polar surface area (TPSA) is 84.5 Å². The summed E-state index contributed by atoms with van der Waals surface area (Å²) in [7, 11) is -1.73. The zero-order valence-electron chi connectivity index (χ0n) is 11.6. The van der Waals surface area contributed by atoms with E-state index < -0.39 is 21.7 Å². The number of hydrogen-bond acceptors (Lipinski definition) is 5. The van der Waals surface area contributed by atoms with E-state index in [1.54, 1.807) is 0 Å². The highest BCUT2D eigenvalue weighted by molar-refractivity contribution is 7.91. The summed E-state index contributed by atoms with van der Waals surface area (Å²) in [5.41, 5.74) is 0.303. The van der Waals surface area contributed by atoms with Crippen LogP contribution in [0.1, 0.15) is 6.42 Å². The summed E-state index contributed by atoms with van der Waals surface area (Å²) >= 11 is 0. The van der Waals surface area contributed by atoms with Gasteiger partial charge in [0.25, 0.3) is 0 Å². The van der Waals surface area contributed by atoms with Gasteiger partial charge in [-0.25, -0.2) is 12.8 Å². The number of anilines is 1. The fourth-order valence-corrected chi connectivity index (χ4v) is 3.62. The second-order valence-corrected chi connectivity index (χ2v) is 7.10. The van der Waals surface area contributed by atoms with E-state index in [1.807, 2.05) is 0 Å². The third kappa shape index (κ3) is 4.40. The van der Waals surface area contributed by atoms with Crippen LogP contribution in [0.3, 0.4) is 0 Å². The predicted octanol–water partition coefficient (Wildman–Crippen LogP) is 0.549. The predicted molar refractivity (Wildman–Crippen MR) is 76.6 cm³/mol. The van der Waals surface area contributed by atoms with Gasteiger partial charge in [0.15, 0.2) is 21.4 Å². The molecule has 0 spiro atoms. The molecule has 1 aliphatic heterocycles. The maximum atomic E-state index is 13.5. The van der Waals surface area contributed by atoms with Crippen LogP contribution in [-0.2, 0) is 14.6 Å². The van der Waals surface area contributed by atoms with Crippen molar-refractivity contribution in [1.82, 2.24) is 5.32 Å². The monoisotopic (exact) mass is 316 g/mol. The molecular weight excluding hydrogens is 299 g/mol. The summed E-state index contributed by atoms with van der Waals surface area (Å²) in [4.78, 5) is 11.9. The Morgan fingerprint density at radius 1 is 1.52 bits per heavy atom. The highest BCUT2D eigenvalue weighted by Crippen LogP contribution is 2.20. The number of hydrogen-bond donors (Lipinski definition) is 2. The number of ether oxygens (including phenoxy) is 1. The lowest BCUT2D eigenvalue weighted by molar-refractivity contribution is -0.116. The van der Waals surface area contributed by atoms with Crippen LogP contribution >= 0.6 is 0 Å². The second kappa shape index (κ2) is 6.40. The first-order chi connectivity index (χ1) is 9.89. The minimum Gasteiger partial charge on any atom is -0.494 e. The third-order valence-electron chi connectivity index (χ3n) is 3.17. The van der Waals surface area contributed by atoms with Crippen molar-refractivity contribution in [2.24, 2.45) is 0 Å². The van der Waals surface area contributed by atoms with Crippen molar-refractivity contribution in [2.45, 2.75) is 12.5 Å². The van der Waals surface area contributed by atoms with Crippen LogP contribution in [0, 0.1) is 5.82 Å². The van der Waals surface area contributed by atoms with Crippen molar-refractivity contribution in [3.05, 3.63) is 24.0 Å². The number of carbonyl (C=O) groups is 1. The van der Waals surface area contributed by atoms with Gasteiger partial charge in [0, 0.05) is 30.8 Å². The molecule has 2 N–H and O–H groups in total. The zero-order valence-corrected chi connectivity index (χ0v) is 12.4. The summed E-state index contributed by atoms with van der Waals surface area (Å²) in [5, 5.41) is 5.53. The fraction of sp³-hybridized carbons (Fsp3) is 0.462. The van der Waals surface area contributed by atoms with Crippen LogP contribution in [0.2, 0.25) is 0 Å². The molecule has 1 atom stereocenters. The molecule has 2 rings (SSSR count). The molecule has 1 unspecified atom stereocenters. The molecule has 21 heavy (non-hydrogen) atoms. The van der Waals surface area contributed by atoms with Crippen LogP contribution in [0.25, 0.3) is 0 Å². The fourth-order valence-electron chi connectivity index (χ4n) is 2.18. The first-order valence-corrected chi connectivity index (χ1v) is 8.29. The number of rotatable bonds is 4. The third-order valence-corrected chi connectivity index (χ3v) is 4.90. The van der Waals surface area contributed by atoms with Crippen molar-refractivity contribution in [3.8, 4) is 5.75 Å². The van der Waals surface area contributed by atoms with Gasteiger partial charge in [-0.1, -0.05) is 0 Å². The molecule has 116 valence electrons. The van der Waals surface area contributed by atoms with Gasteiger partial charge < -0.3 is 15.4 Å². The van der Waals surface area contributed by atoms with Crippen molar-refractivity contribution < 1.29 is 22.3 Å². The highest BCUT2D eigenvalue weighted by atomic mass is 32.2. The van der Waals surface area contributed by atoms with Gasteiger partial charge in [-0.2, -0.15) is 0 Å². The molecule has 0 radical (unpaired) electrons. The van der Waals surface area contributed by atoms with Crippen LogP contribution < -0.4 is 15.4 Å². The molecule has 6 nitrogen and oxygen atoms in total. The standard InChI is InChI=1S/C13H17FN2O4S/c1-20-12-3-2-9(6-11(12)14)16-13(17)7-10-8-21(18,19)5-4-15-10/h2-3,6,10,15H,4-5,7-8H2,1H3,(H,16,17). The Balaban J connectivity index is 1.94. The van der Waals surface area contributed by atoms with E-state index in [0.717, 1.165) is 6.07 Å². The lowest BCUT2D eigenvalue weighted by Crippen LogP contribution is -2.46. The van der Waals surface area contributed by atoms with Crippen molar-refractivity contribution in [2.75, 3.05) is 30.5 Å². The molecule has 0 bridgehead atoms. The van der Waals surface area contributed by atoms with Gasteiger partial charge in [0.2, 0.25) is 5.91 Å². The van der Waals surface area contributed by atoms with Gasteiger partial charge in [-0.15, -0.1) is 0 Å². The van der Waals surface area contributed by atoms with Crippen molar-refractivity contribution >= 4 is 21.4 Å². The van der Waals surface area contributed by atoms with Crippen molar-refractivity contribution in [1.29, 1.82) is 0 Å². The molecular formula is C13H17FN2O4S. The highest BCUT2D eigenvalue weighted by Gasteiger charge is 2.26. The molecule has 0 saturated carbocycles. The number of halogens is 1. The summed E-state index contributed by atoms with van der Waals surface area (Å²) in [5.74, 6) is -0.817. The van der Waals surface area contributed by atoms with Gasteiger partial charge >= 0.3 is 0 Å².